The first-order valence-electron chi connectivity index (χ1n) is 20.7. The largest absolute Gasteiger partial charge is 0.478 e. The summed E-state index contributed by atoms with van der Waals surface area (Å²) in [6, 6.07) is 13.3. The molecule has 2 aliphatic heterocycles. The minimum absolute atomic E-state index is 0.00274. The van der Waals surface area contributed by atoms with Crippen molar-refractivity contribution < 1.29 is 55.3 Å². The number of esters is 1. The first kappa shape index (κ1) is 46.1. The Morgan fingerprint density at radius 1 is 0.646 bits per heavy atom. The number of carboxylic acids is 1. The van der Waals surface area contributed by atoms with Crippen molar-refractivity contribution in [1.29, 1.82) is 0 Å². The molecular formula is C47H46F4N4O10. The van der Waals surface area contributed by atoms with Crippen molar-refractivity contribution in [2.24, 2.45) is 0 Å². The molecule has 2 unspecified atom stereocenters. The van der Waals surface area contributed by atoms with Crippen LogP contribution in [-0.2, 0) is 14.2 Å². The Hall–Kier alpha value is -6.92. The normalized spacial score (nSPS) is 17.2. The third kappa shape index (κ3) is 10.4. The second-order valence-corrected chi connectivity index (χ2v) is 15.9. The molecule has 4 aromatic carbocycles. The van der Waals surface area contributed by atoms with Crippen LogP contribution in [0.3, 0.4) is 0 Å². The smallest absolute Gasteiger partial charge is 0.337 e. The van der Waals surface area contributed by atoms with Crippen molar-refractivity contribution in [1.82, 2.24) is 0 Å². The average Bonchev–Trinajstić information content (AvgIpc) is 3.25. The second-order valence-electron chi connectivity index (χ2n) is 15.9. The van der Waals surface area contributed by atoms with Gasteiger partial charge in [0.25, 0.3) is 0 Å². The number of rotatable bonds is 10. The number of benzene rings is 4. The Balaban J connectivity index is 0.000000194. The van der Waals surface area contributed by atoms with Crippen LogP contribution in [0.2, 0.25) is 0 Å². The van der Waals surface area contributed by atoms with Gasteiger partial charge < -0.3 is 48.6 Å². The van der Waals surface area contributed by atoms with Gasteiger partial charge in [-0.05, 0) is 76.2 Å². The van der Waals surface area contributed by atoms with E-state index in [2.05, 4.69) is 10.6 Å². The number of morpholine rings is 2. The number of hydrogen-bond acceptors (Lipinski definition) is 13. The van der Waals surface area contributed by atoms with Crippen molar-refractivity contribution in [3.05, 3.63) is 139 Å². The summed E-state index contributed by atoms with van der Waals surface area (Å²) in [5, 5.41) is 15.8. The molecule has 2 saturated heterocycles. The van der Waals surface area contributed by atoms with E-state index in [0.717, 1.165) is 36.4 Å². The van der Waals surface area contributed by atoms with E-state index in [4.69, 9.17) is 23.0 Å². The fourth-order valence-electron chi connectivity index (χ4n) is 7.87. The van der Waals surface area contributed by atoms with Gasteiger partial charge in [0.05, 0.1) is 79.6 Å². The van der Waals surface area contributed by atoms with Crippen LogP contribution in [-0.4, -0.2) is 75.8 Å². The van der Waals surface area contributed by atoms with Crippen molar-refractivity contribution in [2.75, 3.05) is 67.1 Å². The molecule has 0 saturated carbocycles. The number of carboxylic acid groups (broad SMARTS) is 1. The number of aromatic carboxylic acids is 1. The molecule has 2 aromatic heterocycles. The van der Waals surface area contributed by atoms with Gasteiger partial charge in [0.2, 0.25) is 0 Å². The highest BCUT2D eigenvalue weighted by atomic mass is 19.1. The monoisotopic (exact) mass is 902 g/mol. The van der Waals surface area contributed by atoms with E-state index in [-0.39, 0.29) is 67.4 Å². The summed E-state index contributed by atoms with van der Waals surface area (Å²) in [5.41, 5.74) is 1.09. The van der Waals surface area contributed by atoms with Gasteiger partial charge in [0.1, 0.15) is 34.4 Å². The highest BCUT2D eigenvalue weighted by molar-refractivity contribution is 5.96. The maximum Gasteiger partial charge on any atom is 0.337 e. The van der Waals surface area contributed by atoms with Crippen LogP contribution in [0.5, 0.6) is 0 Å². The zero-order valence-electron chi connectivity index (χ0n) is 36.0. The fourth-order valence-corrected chi connectivity index (χ4v) is 7.87. The number of nitrogens with zero attached hydrogens (tertiary/aromatic N) is 2. The van der Waals surface area contributed by atoms with Crippen LogP contribution in [0.1, 0.15) is 71.6 Å². The quantitative estimate of drug-likeness (QED) is 0.0883. The number of carbonyl (C=O) groups excluding carboxylic acids is 1. The predicted octanol–water partition coefficient (Wildman–Crippen LogP) is 8.42. The summed E-state index contributed by atoms with van der Waals surface area (Å²) >= 11 is 0. The molecule has 0 aliphatic carbocycles. The standard InChI is InChI=1S/C24H24F2N2O5.C23H22F2N2O5/c1-13-12-32-5-4-28(13)22-11-21(29)20-7-15(24(30)31-3)6-19(23(20)33-22)14(2)27-18-9-16(25)8-17(26)10-18;1-12-11-31-4-3-27(12)21-10-20(28)19-6-14(23(29)30)5-18(22(19)32-21)13(2)26-17-8-15(24)7-16(25)9-17/h6-11,13-14,27H,4-5,12H2,1-3H3;5-10,12-13,26H,3-4,11H2,1-2H3,(H,29,30)/t13-,14?;12-,13?/m00/s1. The topological polar surface area (TPSA) is 173 Å². The van der Waals surface area contributed by atoms with Crippen LogP contribution < -0.4 is 31.3 Å². The molecule has 18 heteroatoms. The molecule has 0 radical (unpaired) electrons. The van der Waals surface area contributed by atoms with Crippen LogP contribution in [0.15, 0.2) is 91.2 Å². The third-order valence-corrected chi connectivity index (χ3v) is 11.1. The lowest BCUT2D eigenvalue weighted by Crippen LogP contribution is -2.44. The van der Waals surface area contributed by atoms with Crippen molar-refractivity contribution in [3.63, 3.8) is 0 Å². The van der Waals surface area contributed by atoms with Gasteiger partial charge in [-0.25, -0.2) is 27.2 Å². The number of methoxy groups -OCH3 is 1. The lowest BCUT2D eigenvalue weighted by atomic mass is 10.0. The van der Waals surface area contributed by atoms with E-state index >= 15 is 0 Å². The third-order valence-electron chi connectivity index (χ3n) is 11.1. The molecule has 2 aliphatic rings. The minimum Gasteiger partial charge on any atom is -0.478 e. The van der Waals surface area contributed by atoms with Gasteiger partial charge >= 0.3 is 11.9 Å². The molecule has 4 heterocycles. The van der Waals surface area contributed by atoms with E-state index in [1.807, 2.05) is 23.6 Å². The number of fused-ring (bicyclic) bond motifs is 2. The lowest BCUT2D eigenvalue weighted by Gasteiger charge is -2.33. The highest BCUT2D eigenvalue weighted by Crippen LogP contribution is 2.33. The summed E-state index contributed by atoms with van der Waals surface area (Å²) < 4.78 is 82.6. The molecule has 65 heavy (non-hydrogen) atoms. The SMILES string of the molecule is CC(Nc1cc(F)cc(F)c1)c1cc(C(=O)O)cc2c(=O)cc(N3CCOC[C@@H]3C)oc12.COC(=O)c1cc(C(C)Nc2cc(F)cc(F)c2)c2oc(N3CCOC[C@@H]3C)cc(=O)c2c1. The molecular weight excluding hydrogens is 857 g/mol. The van der Waals surface area contributed by atoms with Crippen molar-refractivity contribution >= 4 is 57.0 Å². The Morgan fingerprint density at radius 2 is 1.05 bits per heavy atom. The molecule has 4 atom stereocenters. The van der Waals surface area contributed by atoms with Crippen LogP contribution in [0.4, 0.5) is 40.7 Å². The number of anilines is 4. The fraction of sp³-hybridized carbons (Fsp3) is 0.319. The van der Waals surface area contributed by atoms with E-state index in [1.165, 1.54) is 37.4 Å². The summed E-state index contributed by atoms with van der Waals surface area (Å²) in [6.07, 6.45) is 0. The molecule has 8 rings (SSSR count). The zero-order valence-corrected chi connectivity index (χ0v) is 36.0. The second kappa shape index (κ2) is 19.4. The van der Waals surface area contributed by atoms with Gasteiger partial charge in [0, 0.05) is 59.9 Å². The summed E-state index contributed by atoms with van der Waals surface area (Å²) in [7, 11) is 1.24. The minimum atomic E-state index is -1.21. The maximum absolute atomic E-state index is 13.7. The number of nitrogens with one attached hydrogen (secondary N) is 2. The lowest BCUT2D eigenvalue weighted by molar-refractivity contribution is 0.0599. The van der Waals surface area contributed by atoms with E-state index < -0.39 is 47.3 Å². The van der Waals surface area contributed by atoms with Gasteiger partial charge in [-0.3, -0.25) is 9.59 Å². The van der Waals surface area contributed by atoms with Gasteiger partial charge in [-0.2, -0.15) is 0 Å². The average molecular weight is 903 g/mol. The number of ether oxygens (including phenoxy) is 3. The molecule has 14 nitrogen and oxygen atoms in total. The first-order chi connectivity index (χ1) is 31.0. The predicted molar refractivity (Wildman–Crippen MR) is 235 cm³/mol. The van der Waals surface area contributed by atoms with Gasteiger partial charge in [-0.15, -0.1) is 0 Å². The molecule has 0 spiro atoms. The molecule has 2 fully saturated rings. The van der Waals surface area contributed by atoms with Gasteiger partial charge in [-0.1, -0.05) is 0 Å². The number of hydrogen-bond donors (Lipinski definition) is 3. The Kier molecular flexibility index (Phi) is 13.8. The van der Waals surface area contributed by atoms with Crippen molar-refractivity contribution in [3.8, 4) is 0 Å². The van der Waals surface area contributed by atoms with Crippen molar-refractivity contribution in [2.45, 2.75) is 51.9 Å². The Morgan fingerprint density at radius 3 is 1.43 bits per heavy atom. The molecule has 0 amide bonds. The molecule has 6 aromatic rings. The summed E-state index contributed by atoms with van der Waals surface area (Å²) in [5.74, 6) is -4.04. The zero-order chi connectivity index (χ0) is 46.7. The van der Waals surface area contributed by atoms with Gasteiger partial charge in [0.15, 0.2) is 22.6 Å². The van der Waals surface area contributed by atoms with E-state index in [0.29, 0.717) is 62.4 Å². The van der Waals surface area contributed by atoms with Crippen LogP contribution in [0, 0.1) is 23.3 Å². The molecule has 342 valence electrons. The Bertz CT molecular complexity index is 2850. The summed E-state index contributed by atoms with van der Waals surface area (Å²) in [4.78, 5) is 53.7. The molecule has 3 N–H and O–H groups in total. The molecule has 0 bridgehead atoms. The first-order valence-corrected chi connectivity index (χ1v) is 20.7. The van der Waals surface area contributed by atoms with E-state index in [1.54, 1.807) is 19.9 Å². The Labute approximate surface area is 369 Å². The highest BCUT2D eigenvalue weighted by Gasteiger charge is 2.27. The number of carbonyl (C=O) groups is 2. The summed E-state index contributed by atoms with van der Waals surface area (Å²) in [6.45, 7) is 10.4. The van der Waals surface area contributed by atoms with Crippen LogP contribution >= 0.6 is 0 Å². The maximum atomic E-state index is 13.7. The number of halogens is 4. The van der Waals surface area contributed by atoms with Crippen LogP contribution in [0.25, 0.3) is 21.9 Å². The van der Waals surface area contributed by atoms with E-state index in [9.17, 15) is 41.8 Å².